The standard InChI is InChI=1S/C13H14O3/c1-2-3-7-12-13-9(11(15)8-16-12)5-4-6-10(13)14/h4-7,14H,2-3,8H2,1H3/b12-7-. The monoisotopic (exact) mass is 218 g/mol. The minimum absolute atomic E-state index is 0.0615. The number of carbonyl (C=O) groups is 1. The molecule has 0 atom stereocenters. The van der Waals surface area contributed by atoms with Crippen molar-refractivity contribution in [1.29, 1.82) is 0 Å². The molecule has 0 radical (unpaired) electrons. The Balaban J connectivity index is 2.50. The Bertz CT molecular complexity index is 446. The van der Waals surface area contributed by atoms with Crippen molar-refractivity contribution in [3.05, 3.63) is 35.4 Å². The van der Waals surface area contributed by atoms with E-state index < -0.39 is 0 Å². The van der Waals surface area contributed by atoms with E-state index in [-0.39, 0.29) is 18.1 Å². The molecular weight excluding hydrogens is 204 g/mol. The molecule has 1 aromatic carbocycles. The van der Waals surface area contributed by atoms with Gasteiger partial charge in [0.15, 0.2) is 6.61 Å². The molecule has 1 aliphatic heterocycles. The number of ketones is 1. The number of phenols is 1. The van der Waals surface area contributed by atoms with Crippen LogP contribution >= 0.6 is 0 Å². The topological polar surface area (TPSA) is 46.5 Å². The van der Waals surface area contributed by atoms with Crippen molar-refractivity contribution in [3.63, 3.8) is 0 Å². The number of unbranched alkanes of at least 4 members (excludes halogenated alkanes) is 1. The third-order valence-corrected chi connectivity index (χ3v) is 2.57. The average molecular weight is 218 g/mol. The molecule has 1 N–H and O–H groups in total. The van der Waals surface area contributed by atoms with Crippen LogP contribution in [0.2, 0.25) is 0 Å². The maximum absolute atomic E-state index is 11.6. The van der Waals surface area contributed by atoms with E-state index in [1.165, 1.54) is 0 Å². The number of allylic oxidation sites excluding steroid dienone is 1. The van der Waals surface area contributed by atoms with Gasteiger partial charge in [-0.3, -0.25) is 4.79 Å². The predicted molar refractivity (Wildman–Crippen MR) is 61.3 cm³/mol. The molecule has 3 nitrogen and oxygen atoms in total. The number of hydrogen-bond acceptors (Lipinski definition) is 3. The number of phenolic OH excluding ortho intramolecular Hbond substituents is 1. The number of Topliss-reactive ketones (excluding diaryl/α,β-unsaturated/α-hetero) is 1. The van der Waals surface area contributed by atoms with Gasteiger partial charge in [-0.15, -0.1) is 0 Å². The third kappa shape index (κ3) is 1.81. The maximum atomic E-state index is 11.6. The molecule has 1 aliphatic rings. The lowest BCUT2D eigenvalue weighted by Gasteiger charge is -2.20. The number of carbonyl (C=O) groups excluding carboxylic acids is 1. The van der Waals surface area contributed by atoms with Crippen molar-refractivity contribution < 1.29 is 14.6 Å². The van der Waals surface area contributed by atoms with E-state index in [2.05, 4.69) is 6.92 Å². The van der Waals surface area contributed by atoms with Crippen LogP contribution in [0.5, 0.6) is 5.75 Å². The molecule has 1 heterocycles. The van der Waals surface area contributed by atoms with Gasteiger partial charge in [0.2, 0.25) is 5.78 Å². The molecule has 84 valence electrons. The van der Waals surface area contributed by atoms with Crippen molar-refractivity contribution in [2.45, 2.75) is 19.8 Å². The first-order valence-corrected chi connectivity index (χ1v) is 5.42. The lowest BCUT2D eigenvalue weighted by atomic mass is 9.98. The minimum atomic E-state index is -0.0838. The summed E-state index contributed by atoms with van der Waals surface area (Å²) in [7, 11) is 0. The normalized spacial score (nSPS) is 17.1. The summed E-state index contributed by atoms with van der Waals surface area (Å²) in [5, 5.41) is 9.77. The molecule has 0 saturated carbocycles. The van der Waals surface area contributed by atoms with Crippen molar-refractivity contribution in [2.24, 2.45) is 0 Å². The number of fused-ring (bicyclic) bond motifs is 1. The molecule has 0 aliphatic carbocycles. The minimum Gasteiger partial charge on any atom is -0.507 e. The fraction of sp³-hybridized carbons (Fsp3) is 0.308. The van der Waals surface area contributed by atoms with E-state index >= 15 is 0 Å². The molecule has 3 heteroatoms. The van der Waals surface area contributed by atoms with E-state index in [1.54, 1.807) is 18.2 Å². The van der Waals surface area contributed by atoms with Crippen LogP contribution in [-0.4, -0.2) is 17.5 Å². The number of hydrogen-bond donors (Lipinski definition) is 1. The van der Waals surface area contributed by atoms with Gasteiger partial charge < -0.3 is 9.84 Å². The second kappa shape index (κ2) is 4.39. The van der Waals surface area contributed by atoms with Gasteiger partial charge in [-0.1, -0.05) is 25.5 Å². The number of aromatic hydroxyl groups is 1. The van der Waals surface area contributed by atoms with Gasteiger partial charge in [-0.2, -0.15) is 0 Å². The van der Waals surface area contributed by atoms with E-state index in [0.717, 1.165) is 12.8 Å². The lowest BCUT2D eigenvalue weighted by Crippen LogP contribution is -2.17. The van der Waals surface area contributed by atoms with Crippen LogP contribution in [0.25, 0.3) is 5.76 Å². The summed E-state index contributed by atoms with van der Waals surface area (Å²) in [6.07, 6.45) is 3.80. The largest absolute Gasteiger partial charge is 0.507 e. The average Bonchev–Trinajstić information content (AvgIpc) is 2.29. The van der Waals surface area contributed by atoms with Gasteiger partial charge in [-0.25, -0.2) is 0 Å². The van der Waals surface area contributed by atoms with E-state index in [1.807, 2.05) is 6.08 Å². The van der Waals surface area contributed by atoms with Gasteiger partial charge in [-0.05, 0) is 18.6 Å². The second-order valence-corrected chi connectivity index (χ2v) is 3.77. The smallest absolute Gasteiger partial charge is 0.201 e. The van der Waals surface area contributed by atoms with Gasteiger partial charge in [0.1, 0.15) is 11.5 Å². The highest BCUT2D eigenvalue weighted by atomic mass is 16.5. The Morgan fingerprint density at radius 1 is 1.50 bits per heavy atom. The van der Waals surface area contributed by atoms with Crippen LogP contribution in [-0.2, 0) is 4.74 Å². The summed E-state index contributed by atoms with van der Waals surface area (Å²) < 4.78 is 5.35. The third-order valence-electron chi connectivity index (χ3n) is 2.57. The first-order chi connectivity index (χ1) is 7.74. The Morgan fingerprint density at radius 3 is 3.06 bits per heavy atom. The molecule has 0 fully saturated rings. The number of ether oxygens (including phenoxy) is 1. The summed E-state index contributed by atoms with van der Waals surface area (Å²) in [5.74, 6) is 0.641. The summed E-state index contributed by atoms with van der Waals surface area (Å²) in [5.41, 5.74) is 1.08. The summed E-state index contributed by atoms with van der Waals surface area (Å²) in [4.78, 5) is 11.6. The van der Waals surface area contributed by atoms with E-state index in [9.17, 15) is 9.90 Å². The molecule has 1 aromatic rings. The zero-order chi connectivity index (χ0) is 11.5. The number of rotatable bonds is 2. The molecule has 0 aromatic heterocycles. The Hall–Kier alpha value is -1.77. The Kier molecular flexibility index (Phi) is 2.95. The van der Waals surface area contributed by atoms with Crippen molar-refractivity contribution in [1.82, 2.24) is 0 Å². The Morgan fingerprint density at radius 2 is 2.31 bits per heavy atom. The van der Waals surface area contributed by atoms with Crippen LogP contribution in [0.1, 0.15) is 35.7 Å². The summed E-state index contributed by atoms with van der Waals surface area (Å²) in [6, 6.07) is 4.97. The van der Waals surface area contributed by atoms with Crippen molar-refractivity contribution in [2.75, 3.05) is 6.61 Å². The van der Waals surface area contributed by atoms with Crippen molar-refractivity contribution >= 4 is 11.5 Å². The molecule has 0 saturated heterocycles. The van der Waals surface area contributed by atoms with Crippen LogP contribution in [0.3, 0.4) is 0 Å². The fourth-order valence-electron chi connectivity index (χ4n) is 1.76. The summed E-state index contributed by atoms with van der Waals surface area (Å²) in [6.45, 7) is 2.13. The zero-order valence-electron chi connectivity index (χ0n) is 9.19. The second-order valence-electron chi connectivity index (χ2n) is 3.77. The summed E-state index contributed by atoms with van der Waals surface area (Å²) >= 11 is 0. The van der Waals surface area contributed by atoms with Crippen LogP contribution < -0.4 is 0 Å². The van der Waals surface area contributed by atoms with E-state index in [4.69, 9.17) is 4.74 Å². The molecular formula is C13H14O3. The molecule has 0 amide bonds. The van der Waals surface area contributed by atoms with E-state index in [0.29, 0.717) is 16.9 Å². The molecule has 0 spiro atoms. The van der Waals surface area contributed by atoms with Gasteiger partial charge >= 0.3 is 0 Å². The molecule has 0 bridgehead atoms. The van der Waals surface area contributed by atoms with Crippen LogP contribution in [0, 0.1) is 0 Å². The quantitative estimate of drug-likeness (QED) is 0.830. The van der Waals surface area contributed by atoms with Gasteiger partial charge in [0, 0.05) is 5.56 Å². The van der Waals surface area contributed by atoms with Crippen molar-refractivity contribution in [3.8, 4) is 5.75 Å². The first-order valence-electron chi connectivity index (χ1n) is 5.42. The molecule has 0 unspecified atom stereocenters. The van der Waals surface area contributed by atoms with Gasteiger partial charge in [0.05, 0.1) is 5.56 Å². The molecule has 16 heavy (non-hydrogen) atoms. The van der Waals surface area contributed by atoms with Gasteiger partial charge in [0.25, 0.3) is 0 Å². The highest BCUT2D eigenvalue weighted by molar-refractivity contribution is 6.04. The Labute approximate surface area is 94.4 Å². The fourth-order valence-corrected chi connectivity index (χ4v) is 1.76. The van der Waals surface area contributed by atoms with Crippen LogP contribution in [0.15, 0.2) is 24.3 Å². The predicted octanol–water partition coefficient (Wildman–Crippen LogP) is 2.75. The SMILES string of the molecule is CCC/C=C1\OCC(=O)c2cccc(O)c21. The first kappa shape index (κ1) is 10.7. The lowest BCUT2D eigenvalue weighted by molar-refractivity contribution is 0.0884. The highest BCUT2D eigenvalue weighted by Crippen LogP contribution is 2.33. The highest BCUT2D eigenvalue weighted by Gasteiger charge is 2.24. The van der Waals surface area contributed by atoms with Crippen LogP contribution in [0.4, 0.5) is 0 Å². The molecule has 2 rings (SSSR count). The maximum Gasteiger partial charge on any atom is 0.201 e. The number of benzene rings is 1. The zero-order valence-corrected chi connectivity index (χ0v) is 9.19.